The molecule has 1 fully saturated rings. The van der Waals surface area contributed by atoms with E-state index in [-0.39, 0.29) is 0 Å². The summed E-state index contributed by atoms with van der Waals surface area (Å²) in [6, 6.07) is 12.8. The molecule has 0 aliphatic heterocycles. The van der Waals surface area contributed by atoms with Crippen molar-refractivity contribution >= 4 is 5.69 Å². The van der Waals surface area contributed by atoms with Gasteiger partial charge in [-0.2, -0.15) is 0 Å². The lowest BCUT2D eigenvalue weighted by atomic mass is 10.1. The monoisotopic (exact) mass is 268 g/mol. The molecule has 3 heteroatoms. The molecule has 0 unspecified atom stereocenters. The fourth-order valence-corrected chi connectivity index (χ4v) is 2.30. The molecule has 1 aromatic heterocycles. The molecule has 0 spiro atoms. The van der Waals surface area contributed by atoms with Crippen molar-refractivity contribution in [2.45, 2.75) is 32.2 Å². The normalized spacial score (nSPS) is 14.1. The van der Waals surface area contributed by atoms with E-state index in [2.05, 4.69) is 34.6 Å². The van der Waals surface area contributed by atoms with Gasteiger partial charge >= 0.3 is 0 Å². The zero-order valence-corrected chi connectivity index (χ0v) is 11.8. The number of hydrogen-bond acceptors (Lipinski definition) is 3. The van der Waals surface area contributed by atoms with Crippen molar-refractivity contribution in [3.63, 3.8) is 0 Å². The van der Waals surface area contributed by atoms with Gasteiger partial charge in [-0.15, -0.1) is 0 Å². The van der Waals surface area contributed by atoms with Gasteiger partial charge in [0.2, 0.25) is 5.88 Å². The molecule has 0 saturated heterocycles. The molecule has 1 heterocycles. The number of anilines is 1. The van der Waals surface area contributed by atoms with Crippen LogP contribution < -0.4 is 10.1 Å². The van der Waals surface area contributed by atoms with Gasteiger partial charge in [-0.3, -0.25) is 0 Å². The maximum atomic E-state index is 5.33. The van der Waals surface area contributed by atoms with Crippen molar-refractivity contribution in [1.29, 1.82) is 0 Å². The third-order valence-corrected chi connectivity index (χ3v) is 3.52. The van der Waals surface area contributed by atoms with Gasteiger partial charge in [0.1, 0.15) is 0 Å². The number of nitrogens with one attached hydrogen (secondary N) is 1. The van der Waals surface area contributed by atoms with Crippen LogP contribution in [-0.4, -0.2) is 11.6 Å². The number of hydrogen-bond donors (Lipinski definition) is 1. The number of rotatable bonds is 6. The van der Waals surface area contributed by atoms with Crippen LogP contribution in [0.2, 0.25) is 0 Å². The summed E-state index contributed by atoms with van der Waals surface area (Å²) >= 11 is 0. The summed E-state index contributed by atoms with van der Waals surface area (Å²) in [4.78, 5) is 4.25. The van der Waals surface area contributed by atoms with Gasteiger partial charge < -0.3 is 10.1 Å². The zero-order valence-electron chi connectivity index (χ0n) is 11.8. The van der Waals surface area contributed by atoms with Gasteiger partial charge in [0.15, 0.2) is 0 Å². The highest BCUT2D eigenvalue weighted by Gasteiger charge is 2.23. The number of pyridine rings is 1. The third-order valence-electron chi connectivity index (χ3n) is 3.52. The van der Waals surface area contributed by atoms with Crippen LogP contribution in [0.1, 0.15) is 36.8 Å². The molecule has 0 amide bonds. The van der Waals surface area contributed by atoms with E-state index in [0.29, 0.717) is 12.5 Å². The quantitative estimate of drug-likeness (QED) is 0.860. The Morgan fingerprint density at radius 3 is 2.85 bits per heavy atom. The maximum Gasteiger partial charge on any atom is 0.213 e. The van der Waals surface area contributed by atoms with Crippen molar-refractivity contribution in [2.24, 2.45) is 0 Å². The van der Waals surface area contributed by atoms with Crippen molar-refractivity contribution < 1.29 is 4.74 Å². The Bertz CT molecular complexity index is 561. The zero-order chi connectivity index (χ0) is 13.8. The highest BCUT2D eigenvalue weighted by molar-refractivity contribution is 5.43. The summed E-state index contributed by atoms with van der Waals surface area (Å²) in [7, 11) is 0. The molecule has 3 rings (SSSR count). The highest BCUT2D eigenvalue weighted by Crippen LogP contribution is 2.40. The molecular formula is C17H20N2O. The first-order valence-electron chi connectivity index (χ1n) is 7.26. The molecule has 1 aliphatic carbocycles. The second kappa shape index (κ2) is 5.95. The van der Waals surface area contributed by atoms with Gasteiger partial charge in [-0.05, 0) is 42.9 Å². The Balaban J connectivity index is 1.59. The van der Waals surface area contributed by atoms with Crippen LogP contribution in [0, 0.1) is 0 Å². The first-order valence-corrected chi connectivity index (χ1v) is 7.26. The smallest absolute Gasteiger partial charge is 0.213 e. The van der Waals surface area contributed by atoms with Crippen LogP contribution in [-0.2, 0) is 6.54 Å². The number of ether oxygens (including phenoxy) is 1. The van der Waals surface area contributed by atoms with Crippen LogP contribution >= 0.6 is 0 Å². The predicted molar refractivity (Wildman–Crippen MR) is 81.1 cm³/mol. The van der Waals surface area contributed by atoms with E-state index in [9.17, 15) is 0 Å². The Labute approximate surface area is 120 Å². The molecule has 0 bridgehead atoms. The Hall–Kier alpha value is -2.03. The van der Waals surface area contributed by atoms with Crippen molar-refractivity contribution in [1.82, 2.24) is 4.98 Å². The van der Waals surface area contributed by atoms with Gasteiger partial charge in [-0.25, -0.2) is 4.98 Å². The summed E-state index contributed by atoms with van der Waals surface area (Å²) in [5.41, 5.74) is 3.82. The minimum absolute atomic E-state index is 0.647. The van der Waals surface area contributed by atoms with E-state index in [1.807, 2.05) is 25.3 Å². The van der Waals surface area contributed by atoms with Crippen LogP contribution in [0.15, 0.2) is 42.6 Å². The maximum absolute atomic E-state index is 5.33. The topological polar surface area (TPSA) is 34.1 Å². The van der Waals surface area contributed by atoms with E-state index >= 15 is 0 Å². The van der Waals surface area contributed by atoms with E-state index in [0.717, 1.165) is 18.2 Å². The van der Waals surface area contributed by atoms with E-state index in [4.69, 9.17) is 4.74 Å². The number of aromatic nitrogens is 1. The molecule has 1 saturated carbocycles. The Kier molecular flexibility index (Phi) is 3.86. The van der Waals surface area contributed by atoms with Gasteiger partial charge in [0, 0.05) is 12.6 Å². The molecule has 20 heavy (non-hydrogen) atoms. The summed E-state index contributed by atoms with van der Waals surface area (Å²) in [5, 5.41) is 3.40. The molecule has 2 aromatic rings. The summed E-state index contributed by atoms with van der Waals surface area (Å²) in [6.07, 6.45) is 4.51. The fourth-order valence-electron chi connectivity index (χ4n) is 2.30. The molecule has 104 valence electrons. The van der Waals surface area contributed by atoms with Crippen LogP contribution in [0.5, 0.6) is 5.88 Å². The summed E-state index contributed by atoms with van der Waals surface area (Å²) in [5.74, 6) is 1.48. The lowest BCUT2D eigenvalue weighted by molar-refractivity contribution is 0.327. The van der Waals surface area contributed by atoms with Gasteiger partial charge in [0.25, 0.3) is 0 Å². The minimum atomic E-state index is 0.647. The summed E-state index contributed by atoms with van der Waals surface area (Å²) in [6.45, 7) is 3.44. The molecule has 0 atom stereocenters. The first-order chi connectivity index (χ1) is 9.85. The summed E-state index contributed by atoms with van der Waals surface area (Å²) < 4.78 is 5.33. The lowest BCUT2D eigenvalue weighted by Gasteiger charge is -2.08. The third kappa shape index (κ3) is 3.29. The average Bonchev–Trinajstić information content (AvgIpc) is 3.32. The number of nitrogens with zero attached hydrogens (tertiary/aromatic N) is 1. The fraction of sp³-hybridized carbons (Fsp3) is 0.353. The van der Waals surface area contributed by atoms with Crippen molar-refractivity contribution in [2.75, 3.05) is 11.9 Å². The van der Waals surface area contributed by atoms with Gasteiger partial charge in [0.05, 0.1) is 18.5 Å². The first kappa shape index (κ1) is 13.0. The second-order valence-electron chi connectivity index (χ2n) is 5.19. The highest BCUT2D eigenvalue weighted by atomic mass is 16.5. The van der Waals surface area contributed by atoms with E-state index in [1.165, 1.54) is 24.0 Å². The van der Waals surface area contributed by atoms with Crippen molar-refractivity contribution in [3.05, 3.63) is 53.7 Å². The molecule has 1 aliphatic rings. The van der Waals surface area contributed by atoms with Crippen LogP contribution in [0.4, 0.5) is 5.69 Å². The molecular weight excluding hydrogens is 248 g/mol. The molecule has 1 N–H and O–H groups in total. The largest absolute Gasteiger partial charge is 0.478 e. The van der Waals surface area contributed by atoms with Crippen LogP contribution in [0.3, 0.4) is 0 Å². The van der Waals surface area contributed by atoms with Crippen LogP contribution in [0.25, 0.3) is 0 Å². The Morgan fingerprint density at radius 1 is 1.25 bits per heavy atom. The minimum Gasteiger partial charge on any atom is -0.478 e. The SMILES string of the molecule is CCOc1ccc(NCc2cccc(C3CC3)c2)cn1. The molecule has 1 aromatic carbocycles. The average molecular weight is 268 g/mol. The predicted octanol–water partition coefficient (Wildman–Crippen LogP) is 3.97. The number of benzene rings is 1. The van der Waals surface area contributed by atoms with Gasteiger partial charge in [-0.1, -0.05) is 24.3 Å². The van der Waals surface area contributed by atoms with E-state index in [1.54, 1.807) is 0 Å². The molecule has 3 nitrogen and oxygen atoms in total. The van der Waals surface area contributed by atoms with E-state index < -0.39 is 0 Å². The van der Waals surface area contributed by atoms with Crippen molar-refractivity contribution in [3.8, 4) is 5.88 Å². The second-order valence-corrected chi connectivity index (χ2v) is 5.19. The lowest BCUT2D eigenvalue weighted by Crippen LogP contribution is -2.01. The molecule has 0 radical (unpaired) electrons. The standard InChI is InChI=1S/C17H20N2O/c1-2-20-17-9-8-16(12-19-17)18-11-13-4-3-5-15(10-13)14-6-7-14/h3-5,8-10,12,14,18H,2,6-7,11H2,1H3. The Morgan fingerprint density at radius 2 is 2.15 bits per heavy atom.